The summed E-state index contributed by atoms with van der Waals surface area (Å²) >= 11 is 6.65. The van der Waals surface area contributed by atoms with Crippen LogP contribution in [0, 0.1) is 0 Å². The van der Waals surface area contributed by atoms with Gasteiger partial charge < -0.3 is 15.3 Å². The van der Waals surface area contributed by atoms with Crippen molar-refractivity contribution < 1.29 is 14.7 Å². The molecule has 2 aliphatic heterocycles. The summed E-state index contributed by atoms with van der Waals surface area (Å²) in [5.74, 6) is -0.301. The maximum Gasteiger partial charge on any atom is 0.335 e. The smallest absolute Gasteiger partial charge is 0.335 e. The molecule has 7 heteroatoms. The van der Waals surface area contributed by atoms with E-state index in [1.54, 1.807) is 24.3 Å². The van der Waals surface area contributed by atoms with Crippen LogP contribution >= 0.6 is 11.6 Å². The first-order chi connectivity index (χ1) is 14.5. The predicted octanol–water partition coefficient (Wildman–Crippen LogP) is 4.72. The Morgan fingerprint density at radius 1 is 1.20 bits per heavy atom. The number of halogens is 1. The molecule has 0 saturated heterocycles. The van der Waals surface area contributed by atoms with E-state index >= 15 is 0 Å². The molecule has 1 atom stereocenters. The van der Waals surface area contributed by atoms with E-state index in [-0.39, 0.29) is 11.5 Å². The van der Waals surface area contributed by atoms with Gasteiger partial charge in [-0.3, -0.25) is 4.79 Å². The molecule has 0 aliphatic carbocycles. The number of rotatable bonds is 6. The number of unbranched alkanes of at least 4 members (excludes halogenated alkanes) is 1. The molecule has 4 rings (SSSR count). The number of alkyl halides is 1. The number of carbonyl (C=O) groups excluding carboxylic acids is 1. The molecule has 1 amide bonds. The van der Waals surface area contributed by atoms with Gasteiger partial charge in [-0.25, -0.2) is 9.79 Å². The van der Waals surface area contributed by atoms with Gasteiger partial charge in [0.05, 0.1) is 16.8 Å². The SMILES string of the molecule is CCCCC1=NC(Cl)C(=C2C(=O)Nc3ccccc32)N1Cc1ccc(C(=O)O)cc1. The molecular formula is C23H22ClN3O3. The molecule has 2 aliphatic rings. The fourth-order valence-corrected chi connectivity index (χ4v) is 4.14. The van der Waals surface area contributed by atoms with Gasteiger partial charge in [-0.1, -0.05) is 55.3 Å². The standard InChI is InChI=1S/C23H22ClN3O3/c1-2-3-8-18-26-21(24)20(19-16-6-4-5-7-17(16)25-22(19)28)27(18)13-14-9-11-15(12-10-14)23(29)30/h4-7,9-12,21H,2-3,8,13H2,1H3,(H,25,28)(H,29,30). The molecule has 2 aromatic rings. The monoisotopic (exact) mass is 423 g/mol. The van der Waals surface area contributed by atoms with Gasteiger partial charge in [0.25, 0.3) is 5.91 Å². The van der Waals surface area contributed by atoms with Crippen molar-refractivity contribution in [1.29, 1.82) is 0 Å². The van der Waals surface area contributed by atoms with Gasteiger partial charge in [0.2, 0.25) is 0 Å². The number of anilines is 1. The Hall–Kier alpha value is -3.12. The number of aromatic carboxylic acids is 1. The zero-order valence-corrected chi connectivity index (χ0v) is 17.3. The molecule has 1 unspecified atom stereocenters. The Kier molecular flexibility index (Phi) is 5.59. The summed E-state index contributed by atoms with van der Waals surface area (Å²) in [7, 11) is 0. The van der Waals surface area contributed by atoms with Crippen LogP contribution in [-0.4, -0.2) is 33.2 Å². The third kappa shape index (κ3) is 3.71. The van der Waals surface area contributed by atoms with Crippen molar-refractivity contribution in [2.75, 3.05) is 5.32 Å². The van der Waals surface area contributed by atoms with Gasteiger partial charge in [-0.05, 0) is 30.2 Å². The van der Waals surface area contributed by atoms with Crippen LogP contribution in [0.3, 0.4) is 0 Å². The lowest BCUT2D eigenvalue weighted by Gasteiger charge is -2.25. The number of hydrogen-bond acceptors (Lipinski definition) is 4. The maximum atomic E-state index is 12.8. The largest absolute Gasteiger partial charge is 0.478 e. The summed E-state index contributed by atoms with van der Waals surface area (Å²) < 4.78 is 0. The number of carboxylic acid groups (broad SMARTS) is 1. The van der Waals surface area contributed by atoms with Crippen molar-refractivity contribution >= 4 is 40.6 Å². The molecule has 0 fully saturated rings. The first-order valence-electron chi connectivity index (χ1n) is 9.95. The number of hydrogen-bond donors (Lipinski definition) is 2. The summed E-state index contributed by atoms with van der Waals surface area (Å²) in [5, 5.41) is 12.1. The van der Waals surface area contributed by atoms with Crippen LogP contribution in [0.5, 0.6) is 0 Å². The first-order valence-corrected chi connectivity index (χ1v) is 10.4. The molecular weight excluding hydrogens is 402 g/mol. The van der Waals surface area contributed by atoms with Crippen molar-refractivity contribution in [3.05, 3.63) is 70.9 Å². The second-order valence-corrected chi connectivity index (χ2v) is 7.75. The van der Waals surface area contributed by atoms with Crippen LogP contribution in [0.15, 0.2) is 59.2 Å². The molecule has 0 radical (unpaired) electrons. The third-order valence-electron chi connectivity index (χ3n) is 5.31. The first kappa shape index (κ1) is 20.2. The van der Waals surface area contributed by atoms with E-state index in [9.17, 15) is 9.59 Å². The van der Waals surface area contributed by atoms with E-state index in [0.29, 0.717) is 17.8 Å². The van der Waals surface area contributed by atoms with Crippen LogP contribution in [0.2, 0.25) is 0 Å². The van der Waals surface area contributed by atoms with Crippen molar-refractivity contribution in [3.8, 4) is 0 Å². The minimum atomic E-state index is -0.962. The van der Waals surface area contributed by atoms with Crippen LogP contribution in [-0.2, 0) is 11.3 Å². The lowest BCUT2D eigenvalue weighted by molar-refractivity contribution is -0.110. The van der Waals surface area contributed by atoms with Gasteiger partial charge >= 0.3 is 5.97 Å². The van der Waals surface area contributed by atoms with Crippen LogP contribution in [0.25, 0.3) is 5.57 Å². The van der Waals surface area contributed by atoms with Gasteiger partial charge in [0, 0.05) is 24.2 Å². The van der Waals surface area contributed by atoms with E-state index in [1.165, 1.54) is 0 Å². The van der Waals surface area contributed by atoms with Crippen molar-refractivity contribution in [3.63, 3.8) is 0 Å². The Balaban J connectivity index is 1.75. The van der Waals surface area contributed by atoms with E-state index in [0.717, 1.165) is 41.9 Å². The predicted molar refractivity (Wildman–Crippen MR) is 118 cm³/mol. The third-order valence-corrected chi connectivity index (χ3v) is 5.62. The summed E-state index contributed by atoms with van der Waals surface area (Å²) in [6.45, 7) is 2.57. The number of amides is 1. The number of para-hydroxylation sites is 1. The fraction of sp³-hybridized carbons (Fsp3) is 0.261. The Labute approximate surface area is 179 Å². The average Bonchev–Trinajstić information content (AvgIpc) is 3.21. The van der Waals surface area contributed by atoms with Crippen molar-refractivity contribution in [2.45, 2.75) is 38.2 Å². The molecule has 154 valence electrons. The van der Waals surface area contributed by atoms with Crippen LogP contribution in [0.1, 0.15) is 47.7 Å². The van der Waals surface area contributed by atoms with Crippen LogP contribution < -0.4 is 5.32 Å². The number of benzene rings is 2. The Morgan fingerprint density at radius 2 is 1.93 bits per heavy atom. The highest BCUT2D eigenvalue weighted by Gasteiger charge is 2.37. The number of nitrogens with one attached hydrogen (secondary N) is 1. The minimum Gasteiger partial charge on any atom is -0.478 e. The minimum absolute atomic E-state index is 0.185. The molecule has 0 spiro atoms. The average molecular weight is 424 g/mol. The molecule has 30 heavy (non-hydrogen) atoms. The lowest BCUT2D eigenvalue weighted by Crippen LogP contribution is -2.28. The highest BCUT2D eigenvalue weighted by molar-refractivity contribution is 6.35. The van der Waals surface area contributed by atoms with Gasteiger partial charge in [0.1, 0.15) is 5.84 Å². The Morgan fingerprint density at radius 3 is 2.63 bits per heavy atom. The van der Waals surface area contributed by atoms with E-state index in [4.69, 9.17) is 16.7 Å². The molecule has 2 aromatic carbocycles. The molecule has 2 heterocycles. The number of carbonyl (C=O) groups is 2. The quantitative estimate of drug-likeness (QED) is 0.400. The summed E-state index contributed by atoms with van der Waals surface area (Å²) in [5.41, 5.74) is 3.30. The van der Waals surface area contributed by atoms with E-state index in [1.807, 2.05) is 29.2 Å². The second kappa shape index (κ2) is 8.32. The molecule has 0 saturated carbocycles. The highest BCUT2D eigenvalue weighted by Crippen LogP contribution is 2.40. The molecule has 0 aromatic heterocycles. The van der Waals surface area contributed by atoms with E-state index < -0.39 is 11.5 Å². The van der Waals surface area contributed by atoms with Gasteiger partial charge in [0.15, 0.2) is 5.50 Å². The number of amidine groups is 1. The Bertz CT molecular complexity index is 1060. The summed E-state index contributed by atoms with van der Waals surface area (Å²) in [6.07, 6.45) is 2.73. The number of carboxylic acids is 1. The molecule has 6 nitrogen and oxygen atoms in total. The van der Waals surface area contributed by atoms with E-state index in [2.05, 4.69) is 17.2 Å². The second-order valence-electron chi connectivity index (χ2n) is 7.33. The zero-order chi connectivity index (χ0) is 21.3. The highest BCUT2D eigenvalue weighted by atomic mass is 35.5. The van der Waals surface area contributed by atoms with Gasteiger partial charge in [-0.15, -0.1) is 0 Å². The zero-order valence-electron chi connectivity index (χ0n) is 16.6. The maximum absolute atomic E-state index is 12.8. The molecule has 0 bridgehead atoms. The topological polar surface area (TPSA) is 82.0 Å². The van der Waals surface area contributed by atoms with Gasteiger partial charge in [-0.2, -0.15) is 0 Å². The van der Waals surface area contributed by atoms with Crippen molar-refractivity contribution in [1.82, 2.24) is 4.90 Å². The van der Waals surface area contributed by atoms with Crippen molar-refractivity contribution in [2.24, 2.45) is 4.99 Å². The lowest BCUT2D eigenvalue weighted by atomic mass is 10.0. The number of nitrogens with zero attached hydrogens (tertiary/aromatic N) is 2. The summed E-state index contributed by atoms with van der Waals surface area (Å²) in [6, 6.07) is 14.3. The summed E-state index contributed by atoms with van der Waals surface area (Å²) in [4.78, 5) is 30.7. The fourth-order valence-electron chi connectivity index (χ4n) is 3.80. The van der Waals surface area contributed by atoms with Crippen LogP contribution in [0.4, 0.5) is 5.69 Å². The normalized spacial score (nSPS) is 20.2. The number of aliphatic imine (C=N–C) groups is 1. The molecule has 2 N–H and O–H groups in total. The number of fused-ring (bicyclic) bond motifs is 1.